The third kappa shape index (κ3) is 3.47. The van der Waals surface area contributed by atoms with Gasteiger partial charge in [0, 0.05) is 4.47 Å². The van der Waals surface area contributed by atoms with Crippen molar-refractivity contribution in [2.24, 2.45) is 0 Å². The van der Waals surface area contributed by atoms with Crippen LogP contribution in [0, 0.1) is 5.82 Å². The van der Waals surface area contributed by atoms with Gasteiger partial charge in [-0.25, -0.2) is 9.18 Å². The molecule has 0 aliphatic heterocycles. The normalized spacial score (nSPS) is 9.80. The van der Waals surface area contributed by atoms with Crippen LogP contribution < -0.4 is 0 Å². The minimum Gasteiger partial charge on any atom is -0.458 e. The SMILES string of the molecule is C=C(C)COC(=O)c1cc(Br)ccc1F. The van der Waals surface area contributed by atoms with E-state index in [9.17, 15) is 9.18 Å². The molecule has 0 aliphatic carbocycles. The van der Waals surface area contributed by atoms with Crippen LogP contribution in [0.25, 0.3) is 0 Å². The van der Waals surface area contributed by atoms with E-state index in [2.05, 4.69) is 22.5 Å². The summed E-state index contributed by atoms with van der Waals surface area (Å²) in [5.41, 5.74) is 0.629. The van der Waals surface area contributed by atoms with Crippen LogP contribution in [0.5, 0.6) is 0 Å². The Morgan fingerprint density at radius 3 is 2.87 bits per heavy atom. The first kappa shape index (κ1) is 11.9. The predicted molar refractivity (Wildman–Crippen MR) is 59.2 cm³/mol. The Morgan fingerprint density at radius 1 is 1.60 bits per heavy atom. The summed E-state index contributed by atoms with van der Waals surface area (Å²) in [5.74, 6) is -1.28. The summed E-state index contributed by atoms with van der Waals surface area (Å²) >= 11 is 3.15. The van der Waals surface area contributed by atoms with Crippen molar-refractivity contribution in [1.29, 1.82) is 0 Å². The van der Waals surface area contributed by atoms with Gasteiger partial charge in [0.1, 0.15) is 12.4 Å². The number of benzene rings is 1. The molecule has 0 saturated heterocycles. The van der Waals surface area contributed by atoms with Crippen molar-refractivity contribution < 1.29 is 13.9 Å². The molecule has 0 aliphatic rings. The summed E-state index contributed by atoms with van der Waals surface area (Å²) in [7, 11) is 0. The first-order valence-corrected chi connectivity index (χ1v) is 5.06. The Balaban J connectivity index is 2.81. The van der Waals surface area contributed by atoms with E-state index in [0.717, 1.165) is 0 Å². The number of halogens is 2. The largest absolute Gasteiger partial charge is 0.458 e. The first-order valence-electron chi connectivity index (χ1n) is 4.27. The Bertz CT molecular complexity index is 402. The second-order valence-corrected chi connectivity index (χ2v) is 4.07. The van der Waals surface area contributed by atoms with Crippen molar-refractivity contribution in [3.8, 4) is 0 Å². The smallest absolute Gasteiger partial charge is 0.341 e. The van der Waals surface area contributed by atoms with Crippen LogP contribution in [0.1, 0.15) is 17.3 Å². The van der Waals surface area contributed by atoms with Crippen molar-refractivity contribution in [3.05, 3.63) is 46.2 Å². The van der Waals surface area contributed by atoms with E-state index in [-0.39, 0.29) is 12.2 Å². The van der Waals surface area contributed by atoms with Crippen molar-refractivity contribution in [3.63, 3.8) is 0 Å². The van der Waals surface area contributed by atoms with Crippen LogP contribution >= 0.6 is 15.9 Å². The molecule has 0 amide bonds. The summed E-state index contributed by atoms with van der Waals surface area (Å²) in [6, 6.07) is 4.11. The number of rotatable bonds is 3. The van der Waals surface area contributed by atoms with Gasteiger partial charge >= 0.3 is 5.97 Å². The number of hydrogen-bond donors (Lipinski definition) is 0. The molecule has 0 fully saturated rings. The molecule has 0 unspecified atom stereocenters. The molecular weight excluding hydrogens is 263 g/mol. The molecule has 15 heavy (non-hydrogen) atoms. The molecule has 0 aromatic heterocycles. The quantitative estimate of drug-likeness (QED) is 0.623. The van der Waals surface area contributed by atoms with Crippen molar-refractivity contribution in [1.82, 2.24) is 0 Å². The maximum Gasteiger partial charge on any atom is 0.341 e. The van der Waals surface area contributed by atoms with Gasteiger partial charge in [0.25, 0.3) is 0 Å². The number of carbonyl (C=O) groups excluding carboxylic acids is 1. The van der Waals surface area contributed by atoms with Crippen molar-refractivity contribution in [2.45, 2.75) is 6.92 Å². The molecule has 2 nitrogen and oxygen atoms in total. The standard InChI is InChI=1S/C11H10BrFO2/c1-7(2)6-15-11(14)9-5-8(12)3-4-10(9)13/h3-5H,1,6H2,2H3. The molecule has 0 radical (unpaired) electrons. The van der Waals surface area contributed by atoms with E-state index in [1.807, 2.05) is 0 Å². The Morgan fingerprint density at radius 2 is 2.27 bits per heavy atom. The van der Waals surface area contributed by atoms with E-state index in [0.29, 0.717) is 10.0 Å². The highest BCUT2D eigenvalue weighted by molar-refractivity contribution is 9.10. The van der Waals surface area contributed by atoms with Gasteiger partial charge in [0.05, 0.1) is 5.56 Å². The molecule has 4 heteroatoms. The lowest BCUT2D eigenvalue weighted by molar-refractivity contribution is 0.0535. The van der Waals surface area contributed by atoms with Crippen LogP contribution in [0.4, 0.5) is 4.39 Å². The number of hydrogen-bond acceptors (Lipinski definition) is 2. The van der Waals surface area contributed by atoms with Gasteiger partial charge in [0.15, 0.2) is 0 Å². The molecular formula is C11H10BrFO2. The van der Waals surface area contributed by atoms with Gasteiger partial charge in [0.2, 0.25) is 0 Å². The fourth-order valence-electron chi connectivity index (χ4n) is 0.920. The zero-order valence-corrected chi connectivity index (χ0v) is 9.80. The number of esters is 1. The molecule has 0 heterocycles. The lowest BCUT2D eigenvalue weighted by Crippen LogP contribution is -2.08. The molecule has 0 atom stereocenters. The van der Waals surface area contributed by atoms with E-state index < -0.39 is 11.8 Å². The average Bonchev–Trinajstić information content (AvgIpc) is 2.18. The monoisotopic (exact) mass is 272 g/mol. The topological polar surface area (TPSA) is 26.3 Å². The highest BCUT2D eigenvalue weighted by atomic mass is 79.9. The molecule has 0 N–H and O–H groups in total. The van der Waals surface area contributed by atoms with Crippen molar-refractivity contribution in [2.75, 3.05) is 6.61 Å². The lowest BCUT2D eigenvalue weighted by Gasteiger charge is -2.05. The Hall–Kier alpha value is -1.16. The maximum atomic E-state index is 13.2. The van der Waals surface area contributed by atoms with Crippen LogP contribution in [0.15, 0.2) is 34.8 Å². The summed E-state index contributed by atoms with van der Waals surface area (Å²) < 4.78 is 18.7. The van der Waals surface area contributed by atoms with Gasteiger partial charge in [-0.2, -0.15) is 0 Å². The molecule has 1 rings (SSSR count). The van der Waals surface area contributed by atoms with Gasteiger partial charge in [-0.3, -0.25) is 0 Å². The summed E-state index contributed by atoms with van der Waals surface area (Å²) in [5, 5.41) is 0. The molecule has 0 bridgehead atoms. The van der Waals surface area contributed by atoms with Gasteiger partial charge in [-0.05, 0) is 30.7 Å². The van der Waals surface area contributed by atoms with Crippen molar-refractivity contribution >= 4 is 21.9 Å². The third-order valence-corrected chi connectivity index (χ3v) is 2.09. The molecule has 0 saturated carbocycles. The highest BCUT2D eigenvalue weighted by Crippen LogP contribution is 2.16. The molecule has 1 aromatic carbocycles. The van der Waals surface area contributed by atoms with Crippen LogP contribution in [0.2, 0.25) is 0 Å². The summed E-state index contributed by atoms with van der Waals surface area (Å²) in [6.45, 7) is 5.41. The number of ether oxygens (including phenoxy) is 1. The Labute approximate surface area is 95.9 Å². The summed E-state index contributed by atoms with van der Waals surface area (Å²) in [6.07, 6.45) is 0. The van der Waals surface area contributed by atoms with Crippen LogP contribution in [0.3, 0.4) is 0 Å². The third-order valence-electron chi connectivity index (χ3n) is 1.60. The minimum absolute atomic E-state index is 0.0781. The zero-order chi connectivity index (χ0) is 11.4. The summed E-state index contributed by atoms with van der Waals surface area (Å²) in [4.78, 5) is 11.4. The van der Waals surface area contributed by atoms with E-state index in [1.165, 1.54) is 18.2 Å². The van der Waals surface area contributed by atoms with Crippen LogP contribution in [-0.2, 0) is 4.74 Å². The van der Waals surface area contributed by atoms with Gasteiger partial charge in [-0.1, -0.05) is 22.5 Å². The van der Waals surface area contributed by atoms with E-state index in [4.69, 9.17) is 4.74 Å². The second kappa shape index (κ2) is 5.07. The fraction of sp³-hybridized carbons (Fsp3) is 0.182. The highest BCUT2D eigenvalue weighted by Gasteiger charge is 2.13. The second-order valence-electron chi connectivity index (χ2n) is 3.16. The Kier molecular flexibility index (Phi) is 4.03. The van der Waals surface area contributed by atoms with Gasteiger partial charge < -0.3 is 4.74 Å². The average molecular weight is 273 g/mol. The molecule has 80 valence electrons. The zero-order valence-electron chi connectivity index (χ0n) is 8.22. The minimum atomic E-state index is -0.684. The fourth-order valence-corrected chi connectivity index (χ4v) is 1.28. The number of carbonyl (C=O) groups is 1. The maximum absolute atomic E-state index is 13.2. The van der Waals surface area contributed by atoms with Gasteiger partial charge in [-0.15, -0.1) is 0 Å². The molecule has 1 aromatic rings. The van der Waals surface area contributed by atoms with E-state index >= 15 is 0 Å². The lowest BCUT2D eigenvalue weighted by atomic mass is 10.2. The molecule has 0 spiro atoms. The first-order chi connectivity index (χ1) is 7.00. The van der Waals surface area contributed by atoms with Crippen LogP contribution in [-0.4, -0.2) is 12.6 Å². The van der Waals surface area contributed by atoms with E-state index in [1.54, 1.807) is 6.92 Å². The predicted octanol–water partition coefficient (Wildman–Crippen LogP) is 3.32.